The van der Waals surface area contributed by atoms with E-state index in [1.807, 2.05) is 0 Å². The fourth-order valence-corrected chi connectivity index (χ4v) is 5.43. The van der Waals surface area contributed by atoms with E-state index in [9.17, 15) is 13.2 Å². The second-order valence-electron chi connectivity index (χ2n) is 8.76. The average Bonchev–Trinajstić information content (AvgIpc) is 2.66. The van der Waals surface area contributed by atoms with Crippen molar-refractivity contribution in [3.05, 3.63) is 35.1 Å². The number of benzene rings is 1. The van der Waals surface area contributed by atoms with Gasteiger partial charge in [0.1, 0.15) is 0 Å². The maximum atomic E-state index is 13.3. The molecule has 0 spiro atoms. The van der Waals surface area contributed by atoms with Crippen LogP contribution in [0, 0.1) is 41.1 Å². The lowest BCUT2D eigenvalue weighted by Gasteiger charge is -2.38. The molecular weight excluding hydrogens is 333 g/mol. The summed E-state index contributed by atoms with van der Waals surface area (Å²) in [6.45, 7) is 2.29. The van der Waals surface area contributed by atoms with Crippen LogP contribution in [0.2, 0.25) is 0 Å². The number of rotatable bonds is 6. The lowest BCUT2D eigenvalue weighted by molar-refractivity contribution is 0.141. The van der Waals surface area contributed by atoms with E-state index in [2.05, 4.69) is 6.92 Å². The van der Waals surface area contributed by atoms with E-state index in [-0.39, 0.29) is 0 Å². The van der Waals surface area contributed by atoms with Crippen molar-refractivity contribution in [3.8, 4) is 0 Å². The maximum Gasteiger partial charge on any atom is 0.194 e. The maximum absolute atomic E-state index is 13.3. The molecule has 146 valence electrons. The van der Waals surface area contributed by atoms with Crippen LogP contribution in [0.5, 0.6) is 0 Å². The molecule has 26 heavy (non-hydrogen) atoms. The predicted molar refractivity (Wildman–Crippen MR) is 100 cm³/mol. The van der Waals surface area contributed by atoms with Crippen LogP contribution in [0.25, 0.3) is 0 Å². The Bertz CT molecular complexity index is 544. The minimum Gasteiger partial charge on any atom is -0.204 e. The van der Waals surface area contributed by atoms with E-state index >= 15 is 0 Å². The molecule has 0 aliphatic heterocycles. The molecule has 1 aromatic rings. The van der Waals surface area contributed by atoms with Gasteiger partial charge in [0.05, 0.1) is 0 Å². The molecule has 2 fully saturated rings. The molecule has 0 aromatic heterocycles. The Morgan fingerprint density at radius 3 is 1.65 bits per heavy atom. The van der Waals surface area contributed by atoms with Gasteiger partial charge in [-0.2, -0.15) is 0 Å². The summed E-state index contributed by atoms with van der Waals surface area (Å²) >= 11 is 0. The SMILES string of the molecule is CCC[C@H]1CC[C@H]([C@H]2CC[C@H](CCc3cc(F)c(F)c(F)c3)CC2)CC1. The predicted octanol–water partition coefficient (Wildman–Crippen LogP) is 7.45. The van der Waals surface area contributed by atoms with Crippen LogP contribution in [0.4, 0.5) is 13.2 Å². The van der Waals surface area contributed by atoms with E-state index in [1.54, 1.807) is 0 Å². The molecule has 2 aliphatic carbocycles. The van der Waals surface area contributed by atoms with Crippen LogP contribution in [0.15, 0.2) is 12.1 Å². The molecule has 2 aliphatic rings. The van der Waals surface area contributed by atoms with E-state index < -0.39 is 17.5 Å². The zero-order valence-corrected chi connectivity index (χ0v) is 16.1. The number of hydrogen-bond donors (Lipinski definition) is 0. The third-order valence-corrected chi connectivity index (χ3v) is 7.03. The van der Waals surface area contributed by atoms with Crippen LogP contribution in [-0.4, -0.2) is 0 Å². The second-order valence-corrected chi connectivity index (χ2v) is 8.76. The molecule has 3 rings (SSSR count). The van der Waals surface area contributed by atoms with Crippen LogP contribution in [0.1, 0.15) is 83.1 Å². The van der Waals surface area contributed by atoms with Crippen molar-refractivity contribution in [1.82, 2.24) is 0 Å². The molecular formula is C23H33F3. The minimum atomic E-state index is -1.36. The van der Waals surface area contributed by atoms with Crippen LogP contribution >= 0.6 is 0 Å². The zero-order valence-electron chi connectivity index (χ0n) is 16.1. The van der Waals surface area contributed by atoms with Crippen molar-refractivity contribution >= 4 is 0 Å². The summed E-state index contributed by atoms with van der Waals surface area (Å²) in [5, 5.41) is 0. The fourth-order valence-electron chi connectivity index (χ4n) is 5.43. The first kappa shape index (κ1) is 19.8. The smallest absolute Gasteiger partial charge is 0.194 e. The average molecular weight is 367 g/mol. The van der Waals surface area contributed by atoms with Gasteiger partial charge in [-0.15, -0.1) is 0 Å². The number of hydrogen-bond acceptors (Lipinski definition) is 0. The van der Waals surface area contributed by atoms with Crippen molar-refractivity contribution in [1.29, 1.82) is 0 Å². The minimum absolute atomic E-state index is 0.581. The standard InChI is InChI=1S/C23H33F3/c1-2-3-16-6-10-19(11-7-16)20-12-8-17(9-13-20)4-5-18-14-21(24)23(26)22(25)15-18/h14-17,19-20H,2-13H2,1H3/t16-,17-,19-,20-. The van der Waals surface area contributed by atoms with Crippen molar-refractivity contribution in [2.75, 3.05) is 0 Å². The van der Waals surface area contributed by atoms with Gasteiger partial charge in [-0.1, -0.05) is 45.4 Å². The van der Waals surface area contributed by atoms with Gasteiger partial charge >= 0.3 is 0 Å². The monoisotopic (exact) mass is 366 g/mol. The van der Waals surface area contributed by atoms with Crippen molar-refractivity contribution in [2.45, 2.75) is 84.0 Å². The van der Waals surface area contributed by atoms with Crippen LogP contribution in [-0.2, 0) is 6.42 Å². The Hall–Kier alpha value is -0.990. The van der Waals surface area contributed by atoms with Crippen molar-refractivity contribution < 1.29 is 13.2 Å². The van der Waals surface area contributed by atoms with E-state index in [4.69, 9.17) is 0 Å². The molecule has 0 amide bonds. The largest absolute Gasteiger partial charge is 0.204 e. The molecule has 0 unspecified atom stereocenters. The van der Waals surface area contributed by atoms with Gasteiger partial charge in [-0.3, -0.25) is 0 Å². The molecule has 2 saturated carbocycles. The van der Waals surface area contributed by atoms with Gasteiger partial charge < -0.3 is 0 Å². The first-order valence-electron chi connectivity index (χ1n) is 10.7. The lowest BCUT2D eigenvalue weighted by atomic mass is 9.68. The van der Waals surface area contributed by atoms with Crippen LogP contribution in [0.3, 0.4) is 0 Å². The van der Waals surface area contributed by atoms with Gasteiger partial charge in [-0.25, -0.2) is 13.2 Å². The first-order chi connectivity index (χ1) is 12.6. The van der Waals surface area contributed by atoms with Gasteiger partial charge in [0, 0.05) is 0 Å². The van der Waals surface area contributed by atoms with E-state index in [1.165, 1.54) is 64.2 Å². The van der Waals surface area contributed by atoms with Gasteiger partial charge in [-0.05, 0) is 79.9 Å². The summed E-state index contributed by atoms with van der Waals surface area (Å²) in [7, 11) is 0. The summed E-state index contributed by atoms with van der Waals surface area (Å²) in [4.78, 5) is 0. The summed E-state index contributed by atoms with van der Waals surface area (Å²) in [6, 6.07) is 2.30. The fraction of sp³-hybridized carbons (Fsp3) is 0.739. The summed E-state index contributed by atoms with van der Waals surface area (Å²) in [6.07, 6.45) is 15.2. The molecule has 0 bridgehead atoms. The number of aryl methyl sites for hydroxylation is 1. The summed E-state index contributed by atoms with van der Waals surface area (Å²) < 4.78 is 39.7. The van der Waals surface area contributed by atoms with Crippen molar-refractivity contribution in [3.63, 3.8) is 0 Å². The quantitative estimate of drug-likeness (QED) is 0.459. The Labute approximate surface area is 156 Å². The molecule has 0 heterocycles. The Morgan fingerprint density at radius 1 is 0.731 bits per heavy atom. The molecule has 0 nitrogen and oxygen atoms in total. The highest BCUT2D eigenvalue weighted by atomic mass is 19.2. The highest BCUT2D eigenvalue weighted by Crippen LogP contribution is 2.42. The topological polar surface area (TPSA) is 0 Å². The summed E-state index contributed by atoms with van der Waals surface area (Å²) in [5.41, 5.74) is 0.581. The second kappa shape index (κ2) is 9.28. The molecule has 0 radical (unpaired) electrons. The van der Waals surface area contributed by atoms with Gasteiger partial charge in [0.2, 0.25) is 0 Å². The molecule has 0 atom stereocenters. The summed E-state index contributed by atoms with van der Waals surface area (Å²) in [5.74, 6) is -0.0329. The van der Waals surface area contributed by atoms with Crippen LogP contribution < -0.4 is 0 Å². The lowest BCUT2D eigenvalue weighted by Crippen LogP contribution is -2.26. The normalized spacial score (nSPS) is 29.7. The Kier molecular flexibility index (Phi) is 7.05. The van der Waals surface area contributed by atoms with Gasteiger partial charge in [0.25, 0.3) is 0 Å². The first-order valence-corrected chi connectivity index (χ1v) is 10.7. The number of halogens is 3. The molecule has 1 aromatic carbocycles. The molecule has 3 heteroatoms. The third kappa shape index (κ3) is 5.04. The Morgan fingerprint density at radius 2 is 1.19 bits per heavy atom. The Balaban J connectivity index is 1.40. The highest BCUT2D eigenvalue weighted by Gasteiger charge is 2.30. The highest BCUT2D eigenvalue weighted by molar-refractivity contribution is 5.19. The van der Waals surface area contributed by atoms with Gasteiger partial charge in [0.15, 0.2) is 17.5 Å². The molecule has 0 saturated heterocycles. The van der Waals surface area contributed by atoms with E-state index in [0.29, 0.717) is 17.9 Å². The zero-order chi connectivity index (χ0) is 18.5. The third-order valence-electron chi connectivity index (χ3n) is 7.03. The van der Waals surface area contributed by atoms with E-state index in [0.717, 1.165) is 36.3 Å². The molecule has 0 N–H and O–H groups in total. The van der Waals surface area contributed by atoms with Crippen molar-refractivity contribution in [2.24, 2.45) is 23.7 Å².